The van der Waals surface area contributed by atoms with Crippen molar-refractivity contribution in [2.24, 2.45) is 0 Å². The van der Waals surface area contributed by atoms with Crippen molar-refractivity contribution in [3.05, 3.63) is 388 Å². The van der Waals surface area contributed by atoms with Gasteiger partial charge in [-0.25, -0.2) is 0 Å². The highest BCUT2D eigenvalue weighted by Gasteiger charge is 2.21. The fourth-order valence-corrected chi connectivity index (χ4v) is 15.8. The van der Waals surface area contributed by atoms with Gasteiger partial charge in [-0.05, 0) is 226 Å². The predicted molar refractivity (Wildman–Crippen MR) is 417 cm³/mol. The third kappa shape index (κ3) is 13.0. The average molecular weight is 1300 g/mol. The van der Waals surface area contributed by atoms with E-state index < -0.39 is 0 Å². The van der Waals surface area contributed by atoms with Gasteiger partial charge in [0.1, 0.15) is 0 Å². The number of para-hydroxylation sites is 3. The third-order valence-corrected chi connectivity index (χ3v) is 21.1. The highest BCUT2D eigenvalue weighted by molar-refractivity contribution is 7.19. The maximum absolute atomic E-state index is 2.36. The van der Waals surface area contributed by atoms with E-state index in [1.807, 2.05) is 34.0 Å². The lowest BCUT2D eigenvalue weighted by molar-refractivity contribution is 1.24. The average Bonchev–Trinajstić information content (AvgIpc) is 1.57. The minimum absolute atomic E-state index is 1.03. The number of hydrogen-bond acceptors (Lipinski definition) is 7. The van der Waals surface area contributed by atoms with Gasteiger partial charge in [0.15, 0.2) is 0 Å². The summed E-state index contributed by atoms with van der Waals surface area (Å²) in [6, 6.07) is 140. The summed E-state index contributed by atoms with van der Waals surface area (Å²) in [6.45, 7) is 0. The minimum atomic E-state index is 1.03. The molecule has 16 rings (SSSR count). The first kappa shape index (κ1) is 60.1. The molecule has 0 aliphatic rings. The number of benzene rings is 13. The molecule has 3 aromatic heterocycles. The number of anilines is 12. The normalized spacial score (nSPS) is 11.1. The molecule has 16 aromatic rings. The van der Waals surface area contributed by atoms with Crippen molar-refractivity contribution >= 4 is 102 Å². The van der Waals surface area contributed by atoms with Crippen LogP contribution in [0.2, 0.25) is 0 Å². The summed E-state index contributed by atoms with van der Waals surface area (Å²) < 4.78 is 0. The van der Waals surface area contributed by atoms with Gasteiger partial charge in [0.05, 0.1) is 0 Å². The van der Waals surface area contributed by atoms with Crippen LogP contribution in [0.15, 0.2) is 388 Å². The Morgan fingerprint density at radius 3 is 0.433 bits per heavy atom. The first-order valence-corrected chi connectivity index (χ1v) is 35.1. The second kappa shape index (κ2) is 27.6. The van der Waals surface area contributed by atoms with E-state index in [4.69, 9.17) is 0 Å². The van der Waals surface area contributed by atoms with Crippen molar-refractivity contribution in [1.29, 1.82) is 0 Å². The van der Waals surface area contributed by atoms with Gasteiger partial charge >= 0.3 is 0 Å². The Morgan fingerprint density at radius 1 is 0.113 bits per heavy atom. The monoisotopic (exact) mass is 1300 g/mol. The minimum Gasteiger partial charge on any atom is -0.311 e. The van der Waals surface area contributed by atoms with E-state index >= 15 is 0 Å². The molecule has 4 nitrogen and oxygen atoms in total. The molecule has 0 spiro atoms. The summed E-state index contributed by atoms with van der Waals surface area (Å²) in [4.78, 5) is 16.9. The van der Waals surface area contributed by atoms with Gasteiger partial charge < -0.3 is 19.6 Å². The summed E-state index contributed by atoms with van der Waals surface area (Å²) in [7, 11) is 0. The molecule has 0 amide bonds. The Bertz CT molecular complexity index is 4990. The molecule has 0 fully saturated rings. The van der Waals surface area contributed by atoms with E-state index in [-0.39, 0.29) is 0 Å². The Morgan fingerprint density at radius 2 is 0.247 bits per heavy atom. The zero-order chi connectivity index (χ0) is 64.7. The fraction of sp³-hybridized carbons (Fsp3) is 0. The zero-order valence-corrected chi connectivity index (χ0v) is 55.4. The van der Waals surface area contributed by atoms with E-state index in [2.05, 4.69) is 408 Å². The van der Waals surface area contributed by atoms with Crippen molar-refractivity contribution in [2.45, 2.75) is 0 Å². The first-order valence-electron chi connectivity index (χ1n) is 32.6. The van der Waals surface area contributed by atoms with Crippen LogP contribution in [0.4, 0.5) is 68.2 Å². The standard InChI is InChI=1S/C90H64N4S3/c1-7-19-67(20-8-1)85-59-62-88(95-85)70-35-45-78(46-36-70)91(73-25-13-4-14-26-73)76-41-31-65(32-42-76)66-33-43-77(44-34-66)94(83-55-51-81(52-56-83)92(74-27-15-5-16-28-74)79-47-37-71(38-48-79)89-63-60-86(96-89)68-21-9-2-10-22-68)84-57-53-82(54-58-84)93(75-29-17-6-18-30-75)80-49-39-72(40-50-80)90-64-61-87(97-90)69-23-11-3-12-24-69/h1-64H. The lowest BCUT2D eigenvalue weighted by atomic mass is 10.0. The largest absolute Gasteiger partial charge is 0.311 e. The fourth-order valence-electron chi connectivity index (χ4n) is 12.7. The van der Waals surface area contributed by atoms with Crippen LogP contribution in [0, 0.1) is 0 Å². The van der Waals surface area contributed by atoms with Gasteiger partial charge in [-0.3, -0.25) is 0 Å². The van der Waals surface area contributed by atoms with Crippen LogP contribution in [0.5, 0.6) is 0 Å². The van der Waals surface area contributed by atoms with Crippen LogP contribution in [0.25, 0.3) is 73.8 Å². The number of rotatable bonds is 19. The van der Waals surface area contributed by atoms with Gasteiger partial charge in [-0.2, -0.15) is 0 Å². The Kier molecular flexibility index (Phi) is 17.1. The van der Waals surface area contributed by atoms with E-state index in [0.29, 0.717) is 0 Å². The number of hydrogen-bond donors (Lipinski definition) is 0. The molecule has 0 radical (unpaired) electrons. The quantitative estimate of drug-likeness (QED) is 0.0800. The zero-order valence-electron chi connectivity index (χ0n) is 53.0. The van der Waals surface area contributed by atoms with Crippen molar-refractivity contribution in [3.8, 4) is 73.8 Å². The van der Waals surface area contributed by atoms with Crippen LogP contribution in [0.1, 0.15) is 0 Å². The van der Waals surface area contributed by atoms with Crippen LogP contribution in [0.3, 0.4) is 0 Å². The summed E-state index contributed by atoms with van der Waals surface area (Å²) in [5.74, 6) is 0. The lowest BCUT2D eigenvalue weighted by Crippen LogP contribution is -2.13. The van der Waals surface area contributed by atoms with Crippen molar-refractivity contribution in [3.63, 3.8) is 0 Å². The molecular weight excluding hydrogens is 1230 g/mol. The van der Waals surface area contributed by atoms with Gasteiger partial charge in [0.2, 0.25) is 0 Å². The summed E-state index contributed by atoms with van der Waals surface area (Å²) >= 11 is 5.47. The SMILES string of the molecule is c1ccc(-c2ccc(-c3ccc(N(c4ccccc4)c4ccc(-c5ccc(N(c6ccc(N(c7ccccc7)c7ccc(-c8ccc(-c9ccccc9)s8)cc7)cc6)c6ccc(N(c7ccccc7)c7ccc(-c8ccc(-c9ccccc9)s8)cc7)cc6)cc5)cc4)cc3)s2)cc1. The summed E-state index contributed by atoms with van der Waals surface area (Å²) in [5, 5.41) is 0. The van der Waals surface area contributed by atoms with Crippen LogP contribution < -0.4 is 19.6 Å². The molecule has 13 aromatic carbocycles. The van der Waals surface area contributed by atoms with Crippen molar-refractivity contribution in [2.75, 3.05) is 19.6 Å². The molecule has 0 atom stereocenters. The molecule has 3 heterocycles. The lowest BCUT2D eigenvalue weighted by Gasteiger charge is -2.29. The van der Waals surface area contributed by atoms with E-state index in [0.717, 1.165) is 79.4 Å². The third-order valence-electron chi connectivity index (χ3n) is 17.6. The topological polar surface area (TPSA) is 13.0 Å². The van der Waals surface area contributed by atoms with Gasteiger partial charge in [0, 0.05) is 97.5 Å². The van der Waals surface area contributed by atoms with Crippen molar-refractivity contribution in [1.82, 2.24) is 0 Å². The van der Waals surface area contributed by atoms with Gasteiger partial charge in [-0.15, -0.1) is 34.0 Å². The Labute approximate surface area is 579 Å². The molecular formula is C90H64N4S3. The second-order valence-electron chi connectivity index (χ2n) is 23.7. The maximum Gasteiger partial charge on any atom is 0.0463 e. The van der Waals surface area contributed by atoms with Crippen molar-refractivity contribution < 1.29 is 0 Å². The smallest absolute Gasteiger partial charge is 0.0463 e. The number of thiophene rings is 3. The van der Waals surface area contributed by atoms with Crippen LogP contribution in [-0.4, -0.2) is 0 Å². The Balaban J connectivity index is 0.718. The second-order valence-corrected chi connectivity index (χ2v) is 27.0. The van der Waals surface area contributed by atoms with E-state index in [1.54, 1.807) is 0 Å². The highest BCUT2D eigenvalue weighted by atomic mass is 32.1. The molecule has 0 unspecified atom stereocenters. The number of nitrogens with zero attached hydrogens (tertiary/aromatic N) is 4. The molecule has 97 heavy (non-hydrogen) atoms. The van der Waals surface area contributed by atoms with Gasteiger partial charge in [-0.1, -0.05) is 206 Å². The summed E-state index contributed by atoms with van der Waals surface area (Å²) in [5.41, 5.74) is 22.4. The van der Waals surface area contributed by atoms with Gasteiger partial charge in [0.25, 0.3) is 0 Å². The maximum atomic E-state index is 2.36. The molecule has 0 N–H and O–H groups in total. The van der Waals surface area contributed by atoms with E-state index in [1.165, 1.54) is 62.6 Å². The highest BCUT2D eigenvalue weighted by Crippen LogP contribution is 2.46. The predicted octanol–water partition coefficient (Wildman–Crippen LogP) is 27.4. The molecule has 0 saturated heterocycles. The molecule has 0 aliphatic carbocycles. The molecule has 462 valence electrons. The van der Waals surface area contributed by atoms with Crippen LogP contribution >= 0.6 is 34.0 Å². The molecule has 7 heteroatoms. The Hall–Kier alpha value is -11.8. The van der Waals surface area contributed by atoms with E-state index in [9.17, 15) is 0 Å². The molecule has 0 bridgehead atoms. The van der Waals surface area contributed by atoms with Crippen LogP contribution in [-0.2, 0) is 0 Å². The first-order chi connectivity index (χ1) is 48.1. The molecule has 0 saturated carbocycles. The summed E-state index contributed by atoms with van der Waals surface area (Å²) in [6.07, 6.45) is 0. The molecule has 0 aliphatic heterocycles.